The Morgan fingerprint density at radius 3 is 2.55 bits per heavy atom. The van der Waals surface area contributed by atoms with Gasteiger partial charge in [0.25, 0.3) is 0 Å². The zero-order valence-corrected chi connectivity index (χ0v) is 12.5. The van der Waals surface area contributed by atoms with Gasteiger partial charge in [0.1, 0.15) is 0 Å². The van der Waals surface area contributed by atoms with E-state index in [9.17, 15) is 0 Å². The molecule has 1 aliphatic carbocycles. The smallest absolute Gasteiger partial charge is 0.0202 e. The Labute approximate surface area is 122 Å². The highest BCUT2D eigenvalue weighted by atomic mass is 14.8. The predicted octanol–water partition coefficient (Wildman–Crippen LogP) is 4.26. The van der Waals surface area contributed by atoms with Crippen LogP contribution >= 0.6 is 0 Å². The molecule has 104 valence electrons. The minimum atomic E-state index is 0.929. The lowest BCUT2D eigenvalue weighted by Gasteiger charge is -2.17. The molecule has 0 aromatic heterocycles. The Balaban J connectivity index is 2.01. The fourth-order valence-corrected chi connectivity index (χ4v) is 3.20. The van der Waals surface area contributed by atoms with E-state index in [0.717, 1.165) is 6.54 Å². The second kappa shape index (κ2) is 5.80. The molecule has 0 saturated carbocycles. The number of hydrogen-bond acceptors (Lipinski definition) is 1. The molecule has 1 nitrogen and oxygen atoms in total. The third-order valence-corrected chi connectivity index (χ3v) is 4.34. The van der Waals surface area contributed by atoms with Gasteiger partial charge in [0.05, 0.1) is 0 Å². The van der Waals surface area contributed by atoms with Crippen molar-refractivity contribution in [1.29, 1.82) is 0 Å². The van der Waals surface area contributed by atoms with E-state index < -0.39 is 0 Å². The molecule has 20 heavy (non-hydrogen) atoms. The first kappa shape index (κ1) is 13.4. The van der Waals surface area contributed by atoms with E-state index in [1.807, 2.05) is 7.05 Å². The molecule has 0 bridgehead atoms. The highest BCUT2D eigenvalue weighted by Crippen LogP contribution is 2.29. The Morgan fingerprint density at radius 2 is 1.75 bits per heavy atom. The van der Waals surface area contributed by atoms with Crippen molar-refractivity contribution in [2.24, 2.45) is 0 Å². The third kappa shape index (κ3) is 2.64. The van der Waals surface area contributed by atoms with Crippen LogP contribution < -0.4 is 5.32 Å². The molecule has 0 atom stereocenters. The zero-order chi connectivity index (χ0) is 13.9. The first-order chi connectivity index (χ1) is 9.78. The lowest BCUT2D eigenvalue weighted by Crippen LogP contribution is -2.05. The van der Waals surface area contributed by atoms with Crippen LogP contribution in [-0.4, -0.2) is 7.05 Å². The topological polar surface area (TPSA) is 12.0 Å². The van der Waals surface area contributed by atoms with E-state index in [1.54, 1.807) is 11.1 Å². The van der Waals surface area contributed by atoms with Gasteiger partial charge in [0.15, 0.2) is 0 Å². The number of rotatable bonds is 3. The van der Waals surface area contributed by atoms with Gasteiger partial charge in [-0.15, -0.1) is 0 Å². The standard InChI is InChI=1S/C19H23N/c1-14-7-8-15(13-20-2)11-19(14)18-10-9-16-5-3-4-6-17(16)12-18/h7-12,20H,3-6,13H2,1-2H3. The molecule has 3 rings (SSSR count). The summed E-state index contributed by atoms with van der Waals surface area (Å²) in [6.07, 6.45) is 5.20. The van der Waals surface area contributed by atoms with Crippen molar-refractivity contribution in [3.8, 4) is 11.1 Å². The molecule has 0 radical (unpaired) electrons. The Bertz CT molecular complexity index is 613. The van der Waals surface area contributed by atoms with Crippen molar-refractivity contribution >= 4 is 0 Å². The molecule has 0 aliphatic heterocycles. The van der Waals surface area contributed by atoms with Crippen LogP contribution in [-0.2, 0) is 19.4 Å². The van der Waals surface area contributed by atoms with Gasteiger partial charge < -0.3 is 5.32 Å². The number of benzene rings is 2. The van der Waals surface area contributed by atoms with E-state index in [1.165, 1.54) is 47.9 Å². The second-order valence-corrected chi connectivity index (χ2v) is 5.87. The van der Waals surface area contributed by atoms with Crippen LogP contribution in [0.2, 0.25) is 0 Å². The van der Waals surface area contributed by atoms with E-state index in [4.69, 9.17) is 0 Å². The molecule has 0 spiro atoms. The fourth-order valence-electron chi connectivity index (χ4n) is 3.20. The quantitative estimate of drug-likeness (QED) is 0.874. The largest absolute Gasteiger partial charge is 0.316 e. The van der Waals surface area contributed by atoms with Gasteiger partial charge in [-0.1, -0.05) is 30.3 Å². The highest BCUT2D eigenvalue weighted by Gasteiger charge is 2.11. The fraction of sp³-hybridized carbons (Fsp3) is 0.368. The van der Waals surface area contributed by atoms with Gasteiger partial charge in [-0.05, 0) is 79.1 Å². The average Bonchev–Trinajstić information content (AvgIpc) is 2.49. The summed E-state index contributed by atoms with van der Waals surface area (Å²) < 4.78 is 0. The van der Waals surface area contributed by atoms with Crippen LogP contribution in [0.1, 0.15) is 35.1 Å². The molecule has 1 N–H and O–H groups in total. The maximum Gasteiger partial charge on any atom is 0.0202 e. The summed E-state index contributed by atoms with van der Waals surface area (Å²) >= 11 is 0. The molecule has 0 fully saturated rings. The molecular formula is C19H23N. The molecule has 0 unspecified atom stereocenters. The Hall–Kier alpha value is -1.60. The van der Waals surface area contributed by atoms with Crippen molar-refractivity contribution in [1.82, 2.24) is 5.32 Å². The van der Waals surface area contributed by atoms with Gasteiger partial charge in [-0.3, -0.25) is 0 Å². The normalized spacial score (nSPS) is 14.1. The van der Waals surface area contributed by atoms with Crippen molar-refractivity contribution in [3.05, 3.63) is 58.7 Å². The summed E-state index contributed by atoms with van der Waals surface area (Å²) in [4.78, 5) is 0. The van der Waals surface area contributed by atoms with Crippen LogP contribution in [0.4, 0.5) is 0 Å². The number of aryl methyl sites for hydroxylation is 3. The van der Waals surface area contributed by atoms with Crippen molar-refractivity contribution in [2.45, 2.75) is 39.2 Å². The summed E-state index contributed by atoms with van der Waals surface area (Å²) in [6.45, 7) is 3.14. The molecule has 0 heterocycles. The van der Waals surface area contributed by atoms with Crippen LogP contribution in [0, 0.1) is 6.92 Å². The van der Waals surface area contributed by atoms with E-state index >= 15 is 0 Å². The van der Waals surface area contributed by atoms with Crippen LogP contribution in [0.3, 0.4) is 0 Å². The van der Waals surface area contributed by atoms with Gasteiger partial charge in [-0.2, -0.15) is 0 Å². The molecular weight excluding hydrogens is 242 g/mol. The summed E-state index contributed by atoms with van der Waals surface area (Å²) in [5.74, 6) is 0. The van der Waals surface area contributed by atoms with E-state index in [-0.39, 0.29) is 0 Å². The number of fused-ring (bicyclic) bond motifs is 1. The van der Waals surface area contributed by atoms with Crippen LogP contribution in [0.15, 0.2) is 36.4 Å². The SMILES string of the molecule is CNCc1ccc(C)c(-c2ccc3c(c2)CCCC3)c1. The van der Waals surface area contributed by atoms with Crippen molar-refractivity contribution in [2.75, 3.05) is 7.05 Å². The molecule has 0 amide bonds. The molecule has 0 saturated heterocycles. The minimum absolute atomic E-state index is 0.929. The zero-order valence-electron chi connectivity index (χ0n) is 12.5. The van der Waals surface area contributed by atoms with Gasteiger partial charge in [-0.25, -0.2) is 0 Å². The number of nitrogens with one attached hydrogen (secondary N) is 1. The van der Waals surface area contributed by atoms with Gasteiger partial charge in [0, 0.05) is 6.54 Å². The van der Waals surface area contributed by atoms with Crippen LogP contribution in [0.5, 0.6) is 0 Å². The monoisotopic (exact) mass is 265 g/mol. The maximum atomic E-state index is 3.23. The second-order valence-electron chi connectivity index (χ2n) is 5.87. The lowest BCUT2D eigenvalue weighted by molar-refractivity contribution is 0.686. The molecule has 2 aromatic rings. The van der Waals surface area contributed by atoms with E-state index in [2.05, 4.69) is 48.6 Å². The first-order valence-corrected chi connectivity index (χ1v) is 7.64. The summed E-state index contributed by atoms with van der Waals surface area (Å²) in [7, 11) is 2.00. The molecule has 1 aliphatic rings. The predicted molar refractivity (Wildman–Crippen MR) is 86.0 cm³/mol. The highest BCUT2D eigenvalue weighted by molar-refractivity contribution is 5.69. The third-order valence-electron chi connectivity index (χ3n) is 4.34. The van der Waals surface area contributed by atoms with Crippen LogP contribution in [0.25, 0.3) is 11.1 Å². The van der Waals surface area contributed by atoms with Crippen molar-refractivity contribution in [3.63, 3.8) is 0 Å². The first-order valence-electron chi connectivity index (χ1n) is 7.64. The number of hydrogen-bond donors (Lipinski definition) is 1. The maximum absolute atomic E-state index is 3.23. The van der Waals surface area contributed by atoms with Gasteiger partial charge in [0.2, 0.25) is 0 Å². The molecule has 2 aromatic carbocycles. The summed E-state index contributed by atoms with van der Waals surface area (Å²) in [5, 5.41) is 3.23. The summed E-state index contributed by atoms with van der Waals surface area (Å²) in [5.41, 5.74) is 8.59. The Kier molecular flexibility index (Phi) is 3.88. The summed E-state index contributed by atoms with van der Waals surface area (Å²) in [6, 6.07) is 13.8. The Morgan fingerprint density at radius 1 is 0.950 bits per heavy atom. The average molecular weight is 265 g/mol. The van der Waals surface area contributed by atoms with Crippen molar-refractivity contribution < 1.29 is 0 Å². The molecule has 1 heteroatoms. The lowest BCUT2D eigenvalue weighted by atomic mass is 9.88. The van der Waals surface area contributed by atoms with Gasteiger partial charge >= 0.3 is 0 Å². The minimum Gasteiger partial charge on any atom is -0.316 e. The van der Waals surface area contributed by atoms with E-state index in [0.29, 0.717) is 0 Å².